The zero-order valence-electron chi connectivity index (χ0n) is 17.6. The Kier molecular flexibility index (Phi) is 6.26. The Morgan fingerprint density at radius 1 is 1.07 bits per heavy atom. The van der Waals surface area contributed by atoms with Crippen LogP contribution in [0.1, 0.15) is 61.6 Å². The number of hydrogen-bond acceptors (Lipinski definition) is 3. The third-order valence-electron chi connectivity index (χ3n) is 5.86. The number of carbonyl (C=O) groups excluding carboxylic acids is 1. The van der Waals surface area contributed by atoms with Crippen molar-refractivity contribution in [3.8, 4) is 0 Å². The number of benzene rings is 2. The SMILES string of the molecule is CCCCN(C(=O)c1ccc2c(=O)n3c(nc2c1)CCCCCC3)c1ccccc1. The molecule has 2 heterocycles. The Balaban J connectivity index is 1.73. The third-order valence-corrected chi connectivity index (χ3v) is 5.86. The van der Waals surface area contributed by atoms with Crippen molar-refractivity contribution in [1.82, 2.24) is 9.55 Å². The highest BCUT2D eigenvalue weighted by molar-refractivity contribution is 6.07. The molecule has 1 aliphatic heterocycles. The smallest absolute Gasteiger partial charge is 0.261 e. The van der Waals surface area contributed by atoms with Crippen LogP contribution < -0.4 is 10.5 Å². The topological polar surface area (TPSA) is 55.2 Å². The van der Waals surface area contributed by atoms with Gasteiger partial charge in [-0.3, -0.25) is 14.2 Å². The van der Waals surface area contributed by atoms with Crippen LogP contribution in [-0.4, -0.2) is 22.0 Å². The van der Waals surface area contributed by atoms with Crippen molar-refractivity contribution in [3.05, 3.63) is 70.3 Å². The van der Waals surface area contributed by atoms with Crippen molar-refractivity contribution in [2.45, 2.75) is 58.4 Å². The first-order valence-corrected chi connectivity index (χ1v) is 11.1. The summed E-state index contributed by atoms with van der Waals surface area (Å²) in [6.45, 7) is 3.52. The molecule has 156 valence electrons. The van der Waals surface area contributed by atoms with E-state index < -0.39 is 0 Å². The zero-order chi connectivity index (χ0) is 20.9. The van der Waals surface area contributed by atoms with Gasteiger partial charge in [0, 0.05) is 30.8 Å². The van der Waals surface area contributed by atoms with Crippen LogP contribution in [-0.2, 0) is 13.0 Å². The molecule has 1 aliphatic rings. The number of carbonyl (C=O) groups is 1. The molecule has 3 aromatic rings. The Bertz CT molecular complexity index is 1090. The number of aryl methyl sites for hydroxylation is 1. The monoisotopic (exact) mass is 403 g/mol. The number of rotatable bonds is 5. The molecule has 5 heteroatoms. The van der Waals surface area contributed by atoms with E-state index >= 15 is 0 Å². The van der Waals surface area contributed by atoms with Gasteiger partial charge in [0.2, 0.25) is 0 Å². The van der Waals surface area contributed by atoms with E-state index in [9.17, 15) is 9.59 Å². The van der Waals surface area contributed by atoms with Crippen LogP contribution in [0.4, 0.5) is 5.69 Å². The lowest BCUT2D eigenvalue weighted by Gasteiger charge is -2.23. The lowest BCUT2D eigenvalue weighted by Crippen LogP contribution is -2.32. The highest BCUT2D eigenvalue weighted by Gasteiger charge is 2.19. The second kappa shape index (κ2) is 9.24. The first kappa shape index (κ1) is 20.3. The molecule has 0 N–H and O–H groups in total. The predicted octanol–water partition coefficient (Wildman–Crippen LogP) is 4.96. The molecule has 1 amide bonds. The molecule has 0 fully saturated rings. The van der Waals surface area contributed by atoms with Gasteiger partial charge in [-0.05, 0) is 49.6 Å². The Morgan fingerprint density at radius 2 is 1.87 bits per heavy atom. The molecule has 0 spiro atoms. The summed E-state index contributed by atoms with van der Waals surface area (Å²) in [5.41, 5.74) is 2.11. The van der Waals surface area contributed by atoms with E-state index in [2.05, 4.69) is 6.92 Å². The minimum Gasteiger partial charge on any atom is -0.308 e. The lowest BCUT2D eigenvalue weighted by molar-refractivity contribution is 0.0986. The summed E-state index contributed by atoms with van der Waals surface area (Å²) in [7, 11) is 0. The molecular weight excluding hydrogens is 374 g/mol. The summed E-state index contributed by atoms with van der Waals surface area (Å²) in [6, 6.07) is 15.1. The minimum atomic E-state index is -0.0507. The molecule has 0 saturated heterocycles. The number of unbranched alkanes of at least 4 members (excludes halogenated alkanes) is 1. The Labute approximate surface area is 177 Å². The molecule has 0 bridgehead atoms. The maximum absolute atomic E-state index is 13.4. The maximum atomic E-state index is 13.4. The first-order chi connectivity index (χ1) is 14.7. The molecule has 0 unspecified atom stereocenters. The van der Waals surface area contributed by atoms with E-state index in [0.29, 0.717) is 23.0 Å². The van der Waals surface area contributed by atoms with Crippen molar-refractivity contribution < 1.29 is 4.79 Å². The van der Waals surface area contributed by atoms with Crippen molar-refractivity contribution in [1.29, 1.82) is 0 Å². The van der Waals surface area contributed by atoms with Crippen molar-refractivity contribution in [3.63, 3.8) is 0 Å². The highest BCUT2D eigenvalue weighted by atomic mass is 16.2. The van der Waals surface area contributed by atoms with Gasteiger partial charge < -0.3 is 4.90 Å². The fraction of sp³-hybridized carbons (Fsp3) is 0.400. The van der Waals surface area contributed by atoms with Gasteiger partial charge in [-0.25, -0.2) is 4.98 Å². The van der Waals surface area contributed by atoms with Crippen LogP contribution in [0.3, 0.4) is 0 Å². The summed E-state index contributed by atoms with van der Waals surface area (Å²) in [4.78, 5) is 33.1. The van der Waals surface area contributed by atoms with E-state index in [1.54, 1.807) is 18.2 Å². The number of para-hydroxylation sites is 1. The third kappa shape index (κ3) is 4.16. The van der Waals surface area contributed by atoms with Crippen LogP contribution >= 0.6 is 0 Å². The standard InChI is InChI=1S/C25H29N3O2/c1-2-3-16-27(20-11-7-6-8-12-20)24(29)19-14-15-21-22(18-19)26-23-13-9-4-5-10-17-28(23)25(21)30/h6-8,11-12,14-15,18H,2-5,9-10,13,16-17H2,1H3. The largest absolute Gasteiger partial charge is 0.308 e. The average Bonchev–Trinajstić information content (AvgIpc) is 2.75. The summed E-state index contributed by atoms with van der Waals surface area (Å²) in [5, 5.41) is 0.593. The normalized spacial score (nSPS) is 14.0. The summed E-state index contributed by atoms with van der Waals surface area (Å²) < 4.78 is 1.83. The van der Waals surface area contributed by atoms with E-state index in [-0.39, 0.29) is 11.5 Å². The zero-order valence-corrected chi connectivity index (χ0v) is 17.6. The molecular formula is C25H29N3O2. The molecule has 30 heavy (non-hydrogen) atoms. The van der Waals surface area contributed by atoms with Gasteiger partial charge >= 0.3 is 0 Å². The second-order valence-electron chi connectivity index (χ2n) is 8.03. The second-order valence-corrected chi connectivity index (χ2v) is 8.03. The molecule has 0 saturated carbocycles. The Hall–Kier alpha value is -2.95. The predicted molar refractivity (Wildman–Crippen MR) is 121 cm³/mol. The molecule has 5 nitrogen and oxygen atoms in total. The number of amides is 1. The van der Waals surface area contributed by atoms with Gasteiger partial charge in [-0.1, -0.05) is 44.4 Å². The van der Waals surface area contributed by atoms with Crippen molar-refractivity contribution >= 4 is 22.5 Å². The summed E-state index contributed by atoms with van der Waals surface area (Å²) in [5.74, 6) is 0.799. The average molecular weight is 404 g/mol. The van der Waals surface area contributed by atoms with Crippen LogP contribution in [0, 0.1) is 0 Å². The molecule has 0 radical (unpaired) electrons. The maximum Gasteiger partial charge on any atom is 0.261 e. The highest BCUT2D eigenvalue weighted by Crippen LogP contribution is 2.21. The molecule has 0 aliphatic carbocycles. The van der Waals surface area contributed by atoms with Crippen LogP contribution in [0.5, 0.6) is 0 Å². The van der Waals surface area contributed by atoms with Gasteiger partial charge in [0.05, 0.1) is 10.9 Å². The molecule has 2 aromatic carbocycles. The number of anilines is 1. The van der Waals surface area contributed by atoms with Crippen LogP contribution in [0.15, 0.2) is 53.3 Å². The quantitative estimate of drug-likeness (QED) is 0.605. The van der Waals surface area contributed by atoms with Crippen molar-refractivity contribution in [2.24, 2.45) is 0 Å². The minimum absolute atomic E-state index is 0.0156. The number of hydrogen-bond donors (Lipinski definition) is 0. The number of nitrogens with zero attached hydrogens (tertiary/aromatic N) is 3. The molecule has 4 rings (SSSR count). The fourth-order valence-electron chi connectivity index (χ4n) is 4.16. The van der Waals surface area contributed by atoms with Gasteiger partial charge in [-0.2, -0.15) is 0 Å². The van der Waals surface area contributed by atoms with E-state index in [1.807, 2.05) is 39.8 Å². The summed E-state index contributed by atoms with van der Waals surface area (Å²) in [6.07, 6.45) is 7.16. The van der Waals surface area contributed by atoms with Crippen LogP contribution in [0.25, 0.3) is 10.9 Å². The lowest BCUT2D eigenvalue weighted by atomic mass is 10.1. The first-order valence-electron chi connectivity index (χ1n) is 11.1. The molecule has 0 atom stereocenters. The van der Waals surface area contributed by atoms with E-state index in [0.717, 1.165) is 56.6 Å². The number of fused-ring (bicyclic) bond motifs is 2. The van der Waals surface area contributed by atoms with Gasteiger partial charge in [0.15, 0.2) is 0 Å². The van der Waals surface area contributed by atoms with Crippen LogP contribution in [0.2, 0.25) is 0 Å². The fourth-order valence-corrected chi connectivity index (χ4v) is 4.16. The van der Waals surface area contributed by atoms with Gasteiger partial charge in [0.25, 0.3) is 11.5 Å². The van der Waals surface area contributed by atoms with E-state index in [4.69, 9.17) is 4.98 Å². The Morgan fingerprint density at radius 3 is 2.67 bits per heavy atom. The van der Waals surface area contributed by atoms with Gasteiger partial charge in [0.1, 0.15) is 5.82 Å². The molecule has 1 aromatic heterocycles. The number of aromatic nitrogens is 2. The van der Waals surface area contributed by atoms with Crippen molar-refractivity contribution in [2.75, 3.05) is 11.4 Å². The summed E-state index contributed by atoms with van der Waals surface area (Å²) >= 11 is 0. The van der Waals surface area contributed by atoms with E-state index in [1.165, 1.54) is 6.42 Å². The van der Waals surface area contributed by atoms with Gasteiger partial charge in [-0.15, -0.1) is 0 Å².